The summed E-state index contributed by atoms with van der Waals surface area (Å²) in [6, 6.07) is 4.78. The first kappa shape index (κ1) is 21.6. The zero-order chi connectivity index (χ0) is 20.2. The second-order valence-corrected chi connectivity index (χ2v) is 8.28. The van der Waals surface area contributed by atoms with Crippen molar-refractivity contribution in [1.82, 2.24) is 4.90 Å². The number of esters is 1. The number of ether oxygens (including phenoxy) is 3. The summed E-state index contributed by atoms with van der Waals surface area (Å²) in [6.45, 7) is 8.04. The minimum Gasteiger partial charge on any atom is -0.477 e. The van der Waals surface area contributed by atoms with Gasteiger partial charge in [0.05, 0.1) is 5.02 Å². The first-order valence-corrected chi connectivity index (χ1v) is 9.61. The molecule has 1 unspecified atom stereocenters. The molecule has 0 aromatic heterocycles. The fourth-order valence-electron chi connectivity index (χ4n) is 2.55. The van der Waals surface area contributed by atoms with Crippen molar-refractivity contribution in [2.24, 2.45) is 0 Å². The monoisotopic (exact) mass is 417 g/mol. The standard InChI is InChI=1S/C19H25Cl2NO5/c1-12(25-16-6-5-13(20)11-15(16)21)17(23)26-14-7-9-22(10-8-14)18(24)27-19(2,3)4/h5-6,11-12,14H,7-10H2,1-4H3. The largest absolute Gasteiger partial charge is 0.477 e. The fraction of sp³-hybridized carbons (Fsp3) is 0.579. The van der Waals surface area contributed by atoms with Gasteiger partial charge in [-0.05, 0) is 45.9 Å². The van der Waals surface area contributed by atoms with E-state index in [0.717, 1.165) is 0 Å². The lowest BCUT2D eigenvalue weighted by Crippen LogP contribution is -2.44. The summed E-state index contributed by atoms with van der Waals surface area (Å²) < 4.78 is 16.4. The number of carbonyl (C=O) groups excluding carboxylic acids is 2. The van der Waals surface area contributed by atoms with Gasteiger partial charge in [-0.1, -0.05) is 23.2 Å². The third-order valence-corrected chi connectivity index (χ3v) is 4.44. The van der Waals surface area contributed by atoms with Gasteiger partial charge >= 0.3 is 12.1 Å². The molecule has 1 heterocycles. The molecule has 0 aliphatic carbocycles. The highest BCUT2D eigenvalue weighted by Gasteiger charge is 2.29. The van der Waals surface area contributed by atoms with Crippen molar-refractivity contribution in [3.05, 3.63) is 28.2 Å². The SMILES string of the molecule is CC(Oc1ccc(Cl)cc1Cl)C(=O)OC1CCN(C(=O)OC(C)(C)C)CC1. The van der Waals surface area contributed by atoms with E-state index in [1.54, 1.807) is 30.0 Å². The van der Waals surface area contributed by atoms with E-state index in [4.69, 9.17) is 37.4 Å². The molecule has 1 atom stereocenters. The lowest BCUT2D eigenvalue weighted by molar-refractivity contribution is -0.158. The van der Waals surface area contributed by atoms with Crippen molar-refractivity contribution < 1.29 is 23.8 Å². The van der Waals surface area contributed by atoms with E-state index in [1.165, 1.54) is 0 Å². The van der Waals surface area contributed by atoms with Gasteiger partial charge in [0.1, 0.15) is 17.5 Å². The number of rotatable bonds is 4. The highest BCUT2D eigenvalue weighted by atomic mass is 35.5. The molecule has 2 rings (SSSR count). The highest BCUT2D eigenvalue weighted by molar-refractivity contribution is 6.35. The summed E-state index contributed by atoms with van der Waals surface area (Å²) in [4.78, 5) is 26.0. The molecule has 27 heavy (non-hydrogen) atoms. The Morgan fingerprint density at radius 1 is 1.19 bits per heavy atom. The Hall–Kier alpha value is -1.66. The van der Waals surface area contributed by atoms with Crippen LogP contribution >= 0.6 is 23.2 Å². The molecule has 1 aromatic carbocycles. The number of carbonyl (C=O) groups is 2. The molecule has 0 radical (unpaired) electrons. The lowest BCUT2D eigenvalue weighted by Gasteiger charge is -2.33. The molecule has 1 amide bonds. The Morgan fingerprint density at radius 3 is 2.37 bits per heavy atom. The molecule has 1 aromatic rings. The predicted octanol–water partition coefficient (Wildman–Crippen LogP) is 4.70. The number of hydrogen-bond acceptors (Lipinski definition) is 5. The number of hydrogen-bond donors (Lipinski definition) is 0. The van der Waals surface area contributed by atoms with E-state index >= 15 is 0 Å². The minimum absolute atomic E-state index is 0.261. The number of likely N-dealkylation sites (tertiary alicyclic amines) is 1. The number of nitrogens with zero attached hydrogens (tertiary/aromatic N) is 1. The van der Waals surface area contributed by atoms with Crippen LogP contribution in [0.2, 0.25) is 10.0 Å². The van der Waals surface area contributed by atoms with Crippen molar-refractivity contribution in [2.45, 2.75) is 58.3 Å². The molecule has 1 aliphatic rings. The van der Waals surface area contributed by atoms with E-state index in [9.17, 15) is 9.59 Å². The number of halogens is 2. The number of amides is 1. The summed E-state index contributed by atoms with van der Waals surface area (Å²) in [7, 11) is 0. The van der Waals surface area contributed by atoms with Gasteiger partial charge in [0.25, 0.3) is 0 Å². The van der Waals surface area contributed by atoms with Crippen LogP contribution in [0, 0.1) is 0 Å². The summed E-state index contributed by atoms with van der Waals surface area (Å²) in [5.74, 6) is -0.109. The van der Waals surface area contributed by atoms with Crippen LogP contribution in [0.4, 0.5) is 4.79 Å². The van der Waals surface area contributed by atoms with Crippen molar-refractivity contribution in [2.75, 3.05) is 13.1 Å². The Labute approximate surface area is 169 Å². The summed E-state index contributed by atoms with van der Waals surface area (Å²) in [5.41, 5.74) is -0.532. The molecular weight excluding hydrogens is 393 g/mol. The van der Waals surface area contributed by atoms with Crippen LogP contribution in [0.25, 0.3) is 0 Å². The summed E-state index contributed by atoms with van der Waals surface area (Å²) in [6.07, 6.45) is -0.310. The quantitative estimate of drug-likeness (QED) is 0.663. The van der Waals surface area contributed by atoms with Gasteiger partial charge in [-0.25, -0.2) is 9.59 Å². The van der Waals surface area contributed by atoms with Gasteiger partial charge in [0, 0.05) is 31.0 Å². The van der Waals surface area contributed by atoms with Gasteiger partial charge in [-0.15, -0.1) is 0 Å². The zero-order valence-electron chi connectivity index (χ0n) is 16.0. The maximum Gasteiger partial charge on any atom is 0.410 e. The maximum atomic E-state index is 12.3. The Balaban J connectivity index is 1.80. The Bertz CT molecular complexity index is 681. The van der Waals surface area contributed by atoms with Gasteiger partial charge in [0.15, 0.2) is 6.10 Å². The molecule has 0 N–H and O–H groups in total. The smallest absolute Gasteiger partial charge is 0.410 e. The van der Waals surface area contributed by atoms with E-state index in [2.05, 4.69) is 0 Å². The second kappa shape index (κ2) is 9.02. The third kappa shape index (κ3) is 6.78. The zero-order valence-corrected chi connectivity index (χ0v) is 17.5. The first-order chi connectivity index (χ1) is 12.5. The molecule has 0 spiro atoms. The topological polar surface area (TPSA) is 65.1 Å². The van der Waals surface area contributed by atoms with Crippen LogP contribution in [0.5, 0.6) is 5.75 Å². The fourth-order valence-corrected chi connectivity index (χ4v) is 3.01. The predicted molar refractivity (Wildman–Crippen MR) is 103 cm³/mol. The van der Waals surface area contributed by atoms with Gasteiger partial charge in [-0.3, -0.25) is 0 Å². The van der Waals surface area contributed by atoms with Crippen LogP contribution in [0.1, 0.15) is 40.5 Å². The Morgan fingerprint density at radius 2 is 1.81 bits per heavy atom. The molecular formula is C19H25Cl2NO5. The maximum absolute atomic E-state index is 12.3. The minimum atomic E-state index is -0.812. The average Bonchev–Trinajstić information content (AvgIpc) is 2.56. The van der Waals surface area contributed by atoms with Gasteiger partial charge in [-0.2, -0.15) is 0 Å². The van der Waals surface area contributed by atoms with E-state index in [-0.39, 0.29) is 12.2 Å². The normalized spacial score (nSPS) is 16.6. The van der Waals surface area contributed by atoms with Crippen molar-refractivity contribution in [1.29, 1.82) is 0 Å². The van der Waals surface area contributed by atoms with Crippen LogP contribution in [0.15, 0.2) is 18.2 Å². The summed E-state index contributed by atoms with van der Waals surface area (Å²) in [5, 5.41) is 0.812. The molecule has 1 aliphatic heterocycles. The van der Waals surface area contributed by atoms with E-state index in [0.29, 0.717) is 41.7 Å². The average molecular weight is 418 g/mol. The number of benzene rings is 1. The van der Waals surface area contributed by atoms with E-state index in [1.807, 2.05) is 20.8 Å². The molecule has 150 valence electrons. The molecule has 1 fully saturated rings. The van der Waals surface area contributed by atoms with Crippen molar-refractivity contribution in [3.8, 4) is 5.75 Å². The van der Waals surface area contributed by atoms with Crippen LogP contribution in [-0.2, 0) is 14.3 Å². The van der Waals surface area contributed by atoms with Crippen LogP contribution in [-0.4, -0.2) is 47.9 Å². The lowest BCUT2D eigenvalue weighted by atomic mass is 10.1. The molecule has 0 saturated carbocycles. The molecule has 1 saturated heterocycles. The second-order valence-electron chi connectivity index (χ2n) is 7.44. The van der Waals surface area contributed by atoms with Gasteiger partial charge in [0.2, 0.25) is 0 Å². The van der Waals surface area contributed by atoms with Crippen molar-refractivity contribution in [3.63, 3.8) is 0 Å². The molecule has 6 nitrogen and oxygen atoms in total. The first-order valence-electron chi connectivity index (χ1n) is 8.85. The summed E-state index contributed by atoms with van der Waals surface area (Å²) >= 11 is 11.9. The van der Waals surface area contributed by atoms with Crippen molar-refractivity contribution >= 4 is 35.3 Å². The molecule has 0 bridgehead atoms. The van der Waals surface area contributed by atoms with E-state index < -0.39 is 17.7 Å². The molecule has 8 heteroatoms. The number of piperidine rings is 1. The third-order valence-electron chi connectivity index (χ3n) is 3.91. The highest BCUT2D eigenvalue weighted by Crippen LogP contribution is 2.28. The van der Waals surface area contributed by atoms with Crippen LogP contribution < -0.4 is 4.74 Å². The Kier molecular flexibility index (Phi) is 7.23. The van der Waals surface area contributed by atoms with Gasteiger partial charge < -0.3 is 19.1 Å². The van der Waals surface area contributed by atoms with Crippen LogP contribution in [0.3, 0.4) is 0 Å².